The van der Waals surface area contributed by atoms with Crippen molar-refractivity contribution in [3.05, 3.63) is 24.0 Å². The number of amides is 2. The van der Waals surface area contributed by atoms with Gasteiger partial charge in [-0.05, 0) is 12.1 Å². The van der Waals surface area contributed by atoms with Crippen molar-refractivity contribution in [3.63, 3.8) is 0 Å². The zero-order chi connectivity index (χ0) is 12.3. The second kappa shape index (κ2) is 5.11. The van der Waals surface area contributed by atoms with Gasteiger partial charge in [0.15, 0.2) is 0 Å². The molecule has 0 bridgehead atoms. The molecule has 0 aromatic carbocycles. The van der Waals surface area contributed by atoms with Gasteiger partial charge in [0.2, 0.25) is 5.91 Å². The van der Waals surface area contributed by atoms with E-state index in [9.17, 15) is 9.59 Å². The summed E-state index contributed by atoms with van der Waals surface area (Å²) < 4.78 is 0. The van der Waals surface area contributed by atoms with Gasteiger partial charge in [0.1, 0.15) is 5.69 Å². The summed E-state index contributed by atoms with van der Waals surface area (Å²) in [5, 5.41) is 11.1. The van der Waals surface area contributed by atoms with E-state index in [0.717, 1.165) is 0 Å². The Morgan fingerprint density at radius 2 is 2.29 bits per heavy atom. The van der Waals surface area contributed by atoms with Gasteiger partial charge < -0.3 is 10.1 Å². The molecule has 1 aromatic heterocycles. The monoisotopic (exact) mass is 237 g/mol. The lowest BCUT2D eigenvalue weighted by Crippen LogP contribution is -2.52. The number of nitrogens with zero attached hydrogens (tertiary/aromatic N) is 1. The number of hydrogen-bond donors (Lipinski definition) is 3. The Bertz CT molecular complexity index is 396. The minimum Gasteiger partial charge on any atom is -0.396 e. The molecule has 0 spiro atoms. The van der Waals surface area contributed by atoms with Crippen LogP contribution in [0.4, 0.5) is 0 Å². The summed E-state index contributed by atoms with van der Waals surface area (Å²) >= 11 is 0. The number of aromatic amines is 1. The molecule has 0 atom stereocenters. The number of aliphatic hydroxyl groups is 1. The number of hydrogen-bond acceptors (Lipinski definition) is 4. The second-order valence-corrected chi connectivity index (χ2v) is 4.20. The maximum Gasteiger partial charge on any atom is 0.274 e. The van der Waals surface area contributed by atoms with Gasteiger partial charge in [0.05, 0.1) is 6.54 Å². The Labute approximate surface area is 98.6 Å². The van der Waals surface area contributed by atoms with E-state index < -0.39 is 5.91 Å². The van der Waals surface area contributed by atoms with Gasteiger partial charge in [-0.25, -0.2) is 0 Å². The summed E-state index contributed by atoms with van der Waals surface area (Å²) in [5.74, 6) is -0.470. The van der Waals surface area contributed by atoms with Crippen LogP contribution < -0.4 is 5.32 Å². The molecule has 1 fully saturated rings. The smallest absolute Gasteiger partial charge is 0.274 e. The van der Waals surface area contributed by atoms with Crippen molar-refractivity contribution < 1.29 is 14.7 Å². The first kappa shape index (κ1) is 11.8. The van der Waals surface area contributed by atoms with E-state index in [1.807, 2.05) is 4.90 Å². The Morgan fingerprint density at radius 1 is 1.53 bits per heavy atom. The highest BCUT2D eigenvalue weighted by Crippen LogP contribution is 2.13. The fourth-order valence-electron chi connectivity index (χ4n) is 1.83. The zero-order valence-corrected chi connectivity index (χ0v) is 9.35. The molecule has 3 N–H and O–H groups in total. The molecule has 0 saturated carbocycles. The molecular formula is C11H15N3O3. The summed E-state index contributed by atoms with van der Waals surface area (Å²) in [6.45, 7) is 1.77. The minimum absolute atomic E-state index is 0.152. The quantitative estimate of drug-likeness (QED) is 0.639. The second-order valence-electron chi connectivity index (χ2n) is 4.20. The van der Waals surface area contributed by atoms with Gasteiger partial charge in [-0.3, -0.25) is 19.8 Å². The SMILES string of the molecule is O=C(CN1CC(CO)C1)NC(=O)c1ccc[nH]1. The maximum absolute atomic E-state index is 11.5. The Balaban J connectivity index is 1.73. The lowest BCUT2D eigenvalue weighted by atomic mass is 10.0. The first-order valence-electron chi connectivity index (χ1n) is 5.50. The average molecular weight is 237 g/mol. The standard InChI is InChI=1S/C11H15N3O3/c15-7-8-4-14(5-8)6-10(16)13-11(17)9-2-1-3-12-9/h1-3,8,12,15H,4-7H2,(H,13,16,17). The van der Waals surface area contributed by atoms with Crippen LogP contribution in [0.25, 0.3) is 0 Å². The highest BCUT2D eigenvalue weighted by molar-refractivity contribution is 6.04. The molecule has 2 amide bonds. The van der Waals surface area contributed by atoms with E-state index in [1.165, 1.54) is 0 Å². The zero-order valence-electron chi connectivity index (χ0n) is 9.35. The van der Waals surface area contributed by atoms with Gasteiger partial charge in [-0.15, -0.1) is 0 Å². The first-order valence-corrected chi connectivity index (χ1v) is 5.50. The highest BCUT2D eigenvalue weighted by Gasteiger charge is 2.27. The molecule has 1 saturated heterocycles. The van der Waals surface area contributed by atoms with Gasteiger partial charge in [0, 0.05) is 31.8 Å². The number of rotatable bonds is 4. The molecule has 0 radical (unpaired) electrons. The van der Waals surface area contributed by atoms with Crippen LogP contribution in [0.5, 0.6) is 0 Å². The molecule has 6 heteroatoms. The third-order valence-corrected chi connectivity index (χ3v) is 2.75. The fourth-order valence-corrected chi connectivity index (χ4v) is 1.83. The van der Waals surface area contributed by atoms with E-state index >= 15 is 0 Å². The predicted octanol–water partition coefficient (Wildman–Crippen LogP) is -0.805. The van der Waals surface area contributed by atoms with Crippen molar-refractivity contribution in [2.75, 3.05) is 26.2 Å². The lowest BCUT2D eigenvalue weighted by Gasteiger charge is -2.37. The summed E-state index contributed by atoms with van der Waals surface area (Å²) in [6.07, 6.45) is 1.63. The van der Waals surface area contributed by atoms with E-state index in [2.05, 4.69) is 10.3 Å². The van der Waals surface area contributed by atoms with Crippen LogP contribution in [-0.2, 0) is 4.79 Å². The van der Waals surface area contributed by atoms with Crippen molar-refractivity contribution in [1.29, 1.82) is 0 Å². The molecule has 1 aromatic rings. The van der Waals surface area contributed by atoms with Crippen LogP contribution in [0.2, 0.25) is 0 Å². The van der Waals surface area contributed by atoms with Crippen molar-refractivity contribution >= 4 is 11.8 Å². The minimum atomic E-state index is -0.417. The normalized spacial score (nSPS) is 16.5. The van der Waals surface area contributed by atoms with Crippen LogP contribution in [0.3, 0.4) is 0 Å². The summed E-state index contributed by atoms with van der Waals surface area (Å²) in [4.78, 5) is 27.6. The van der Waals surface area contributed by atoms with E-state index in [4.69, 9.17) is 5.11 Å². The van der Waals surface area contributed by atoms with E-state index in [-0.39, 0.29) is 25.0 Å². The lowest BCUT2D eigenvalue weighted by molar-refractivity contribution is -0.123. The van der Waals surface area contributed by atoms with Crippen LogP contribution in [-0.4, -0.2) is 53.0 Å². The van der Waals surface area contributed by atoms with Gasteiger partial charge in [0.25, 0.3) is 5.91 Å². The van der Waals surface area contributed by atoms with E-state index in [0.29, 0.717) is 18.8 Å². The topological polar surface area (TPSA) is 85.4 Å². The Hall–Kier alpha value is -1.66. The van der Waals surface area contributed by atoms with Crippen molar-refractivity contribution in [1.82, 2.24) is 15.2 Å². The predicted molar refractivity (Wildman–Crippen MR) is 60.3 cm³/mol. The number of carbonyl (C=O) groups is 2. The van der Waals surface area contributed by atoms with Crippen LogP contribution in [0.1, 0.15) is 10.5 Å². The number of carbonyl (C=O) groups excluding carboxylic acids is 2. The maximum atomic E-state index is 11.5. The molecule has 92 valence electrons. The number of imide groups is 1. The number of H-pyrrole nitrogens is 1. The molecule has 0 aliphatic carbocycles. The van der Waals surface area contributed by atoms with Crippen LogP contribution in [0, 0.1) is 5.92 Å². The molecule has 1 aliphatic rings. The Morgan fingerprint density at radius 3 is 2.88 bits per heavy atom. The molecule has 1 aliphatic heterocycles. The summed E-state index contributed by atoms with van der Waals surface area (Å²) in [7, 11) is 0. The van der Waals surface area contributed by atoms with Crippen LogP contribution >= 0.6 is 0 Å². The Kier molecular flexibility index (Phi) is 3.55. The third-order valence-electron chi connectivity index (χ3n) is 2.75. The fraction of sp³-hybridized carbons (Fsp3) is 0.455. The highest BCUT2D eigenvalue weighted by atomic mass is 16.3. The van der Waals surface area contributed by atoms with Gasteiger partial charge in [-0.1, -0.05) is 0 Å². The largest absolute Gasteiger partial charge is 0.396 e. The summed E-state index contributed by atoms with van der Waals surface area (Å²) in [6, 6.07) is 3.30. The van der Waals surface area contributed by atoms with Gasteiger partial charge in [-0.2, -0.15) is 0 Å². The first-order chi connectivity index (χ1) is 8.19. The molecule has 2 rings (SSSR count). The van der Waals surface area contributed by atoms with Crippen molar-refractivity contribution in [2.45, 2.75) is 0 Å². The number of aliphatic hydroxyl groups excluding tert-OH is 1. The third kappa shape index (κ3) is 2.92. The molecule has 6 nitrogen and oxygen atoms in total. The molecule has 2 heterocycles. The average Bonchev–Trinajstić information content (AvgIpc) is 2.75. The van der Waals surface area contributed by atoms with Crippen LogP contribution in [0.15, 0.2) is 18.3 Å². The van der Waals surface area contributed by atoms with Crippen molar-refractivity contribution in [2.24, 2.45) is 5.92 Å². The molecule has 0 unspecified atom stereocenters. The van der Waals surface area contributed by atoms with Crippen molar-refractivity contribution in [3.8, 4) is 0 Å². The molecular weight excluding hydrogens is 222 g/mol. The van der Waals surface area contributed by atoms with E-state index in [1.54, 1.807) is 18.3 Å². The number of likely N-dealkylation sites (tertiary alicyclic amines) is 1. The number of nitrogens with one attached hydrogen (secondary N) is 2. The number of aromatic nitrogens is 1. The van der Waals surface area contributed by atoms with Gasteiger partial charge >= 0.3 is 0 Å². The summed E-state index contributed by atoms with van der Waals surface area (Å²) in [5.41, 5.74) is 0.371. The molecule has 17 heavy (non-hydrogen) atoms.